The summed E-state index contributed by atoms with van der Waals surface area (Å²) in [5.74, 6) is 0.150. The van der Waals surface area contributed by atoms with Crippen molar-refractivity contribution in [2.24, 2.45) is 11.1 Å². The Kier molecular flexibility index (Phi) is 2.15. The van der Waals surface area contributed by atoms with Crippen molar-refractivity contribution in [1.82, 2.24) is 0 Å². The molecule has 1 aromatic carbocycles. The quantitative estimate of drug-likeness (QED) is 0.693. The Morgan fingerprint density at radius 3 is 2.53 bits per heavy atom. The first-order valence-corrected chi connectivity index (χ1v) is 5.73. The Morgan fingerprint density at radius 2 is 1.80 bits per heavy atom. The number of alkyl halides is 2. The van der Waals surface area contributed by atoms with Gasteiger partial charge in [0.05, 0.1) is 22.4 Å². The van der Waals surface area contributed by atoms with Gasteiger partial charge in [0.15, 0.2) is 6.10 Å². The van der Waals surface area contributed by atoms with Crippen LogP contribution in [0, 0.1) is 5.92 Å². The lowest BCUT2D eigenvalue weighted by Gasteiger charge is -2.39. The molecule has 1 aromatic rings. The van der Waals surface area contributed by atoms with Crippen LogP contribution < -0.4 is 0 Å². The molecular formula is C11H9Cl2NO. The molecule has 1 heterocycles. The van der Waals surface area contributed by atoms with Gasteiger partial charge in [0.25, 0.3) is 0 Å². The molecule has 0 saturated heterocycles. The molecule has 0 radical (unpaired) electrons. The molecule has 0 bridgehead atoms. The molecular weight excluding hydrogens is 233 g/mol. The Morgan fingerprint density at radius 1 is 1.07 bits per heavy atom. The third kappa shape index (κ3) is 1.28. The van der Waals surface area contributed by atoms with Crippen LogP contribution in [0.2, 0.25) is 0 Å². The van der Waals surface area contributed by atoms with E-state index in [2.05, 4.69) is 5.16 Å². The van der Waals surface area contributed by atoms with Crippen molar-refractivity contribution in [2.45, 2.75) is 16.9 Å². The molecule has 2 nitrogen and oxygen atoms in total. The number of rotatable bonds is 1. The molecule has 78 valence electrons. The van der Waals surface area contributed by atoms with E-state index in [0.717, 1.165) is 11.3 Å². The molecule has 0 aromatic heterocycles. The molecule has 1 saturated carbocycles. The summed E-state index contributed by atoms with van der Waals surface area (Å²) < 4.78 is 0. The largest absolute Gasteiger partial charge is 0.390 e. The van der Waals surface area contributed by atoms with Gasteiger partial charge >= 0.3 is 0 Å². The molecule has 0 unspecified atom stereocenters. The van der Waals surface area contributed by atoms with Gasteiger partial charge in [-0.05, 0) is 5.56 Å². The van der Waals surface area contributed by atoms with Gasteiger partial charge in [0.2, 0.25) is 0 Å². The second kappa shape index (κ2) is 3.39. The fourth-order valence-electron chi connectivity index (χ4n) is 2.08. The van der Waals surface area contributed by atoms with E-state index >= 15 is 0 Å². The summed E-state index contributed by atoms with van der Waals surface area (Å²) in [7, 11) is 0. The summed E-state index contributed by atoms with van der Waals surface area (Å²) in [6.45, 7) is 0. The van der Waals surface area contributed by atoms with Crippen LogP contribution in [0.1, 0.15) is 5.56 Å². The predicted octanol–water partition coefficient (Wildman–Crippen LogP) is 2.63. The summed E-state index contributed by atoms with van der Waals surface area (Å²) in [6.07, 6.45) is -0.0376. The number of fused-ring (bicyclic) bond motifs is 1. The first-order chi connectivity index (χ1) is 7.29. The van der Waals surface area contributed by atoms with Crippen LogP contribution in [0.4, 0.5) is 0 Å². The van der Waals surface area contributed by atoms with Crippen LogP contribution in [0.5, 0.6) is 0 Å². The van der Waals surface area contributed by atoms with Crippen molar-refractivity contribution in [3.05, 3.63) is 35.9 Å². The zero-order valence-electron chi connectivity index (χ0n) is 7.81. The summed E-state index contributed by atoms with van der Waals surface area (Å²) in [5, 5.41) is 3.88. The maximum absolute atomic E-state index is 6.15. The van der Waals surface area contributed by atoms with E-state index < -0.39 is 0 Å². The lowest BCUT2D eigenvalue weighted by atomic mass is 9.76. The van der Waals surface area contributed by atoms with Crippen LogP contribution in [0.25, 0.3) is 0 Å². The van der Waals surface area contributed by atoms with Crippen molar-refractivity contribution in [3.8, 4) is 0 Å². The fraction of sp³-hybridized carbons (Fsp3) is 0.364. The van der Waals surface area contributed by atoms with Gasteiger partial charge in [-0.15, -0.1) is 23.2 Å². The Bertz CT molecular complexity index is 406. The van der Waals surface area contributed by atoms with Crippen LogP contribution >= 0.6 is 23.2 Å². The molecule has 1 aliphatic heterocycles. The van der Waals surface area contributed by atoms with Gasteiger partial charge < -0.3 is 4.84 Å². The smallest absolute Gasteiger partial charge is 0.155 e. The molecule has 2 aliphatic rings. The van der Waals surface area contributed by atoms with E-state index in [4.69, 9.17) is 28.0 Å². The molecule has 4 heteroatoms. The third-order valence-electron chi connectivity index (χ3n) is 2.97. The minimum absolute atomic E-state index is 0.0376. The van der Waals surface area contributed by atoms with E-state index in [1.807, 2.05) is 30.3 Å². The van der Waals surface area contributed by atoms with Gasteiger partial charge in [-0.2, -0.15) is 0 Å². The van der Waals surface area contributed by atoms with E-state index in [1.54, 1.807) is 0 Å². The Labute approximate surface area is 97.8 Å². The molecule has 0 N–H and O–H groups in total. The summed E-state index contributed by atoms with van der Waals surface area (Å²) in [5.41, 5.74) is 2.00. The maximum atomic E-state index is 6.15. The number of halogens is 2. The molecule has 1 aliphatic carbocycles. The second-order valence-electron chi connectivity index (χ2n) is 3.83. The molecule has 0 spiro atoms. The fourth-order valence-corrected chi connectivity index (χ4v) is 2.84. The number of hydrogen-bond donors (Lipinski definition) is 0. The Hall–Kier alpha value is -0.730. The maximum Gasteiger partial charge on any atom is 0.155 e. The number of benzene rings is 1. The zero-order valence-corrected chi connectivity index (χ0v) is 9.32. The van der Waals surface area contributed by atoms with Gasteiger partial charge in [-0.3, -0.25) is 0 Å². The van der Waals surface area contributed by atoms with Gasteiger partial charge in [0.1, 0.15) is 0 Å². The summed E-state index contributed by atoms with van der Waals surface area (Å²) in [6, 6.07) is 9.95. The highest BCUT2D eigenvalue weighted by molar-refractivity contribution is 6.34. The van der Waals surface area contributed by atoms with E-state index in [9.17, 15) is 0 Å². The Balaban J connectivity index is 1.91. The lowest BCUT2D eigenvalue weighted by molar-refractivity contribution is 0.0166. The molecule has 15 heavy (non-hydrogen) atoms. The van der Waals surface area contributed by atoms with Crippen molar-refractivity contribution in [2.75, 3.05) is 0 Å². The molecule has 4 atom stereocenters. The minimum Gasteiger partial charge on any atom is -0.390 e. The van der Waals surface area contributed by atoms with E-state index in [0.29, 0.717) is 0 Å². The van der Waals surface area contributed by atoms with Crippen LogP contribution in [-0.4, -0.2) is 22.6 Å². The van der Waals surface area contributed by atoms with Crippen molar-refractivity contribution >= 4 is 28.9 Å². The average molecular weight is 242 g/mol. The summed E-state index contributed by atoms with van der Waals surface area (Å²) >= 11 is 12.2. The molecule has 1 fully saturated rings. The van der Waals surface area contributed by atoms with Crippen molar-refractivity contribution in [1.29, 1.82) is 0 Å². The number of nitrogens with zero attached hydrogens (tertiary/aromatic N) is 1. The average Bonchev–Trinajstić information content (AvgIpc) is 2.70. The third-order valence-corrected chi connectivity index (χ3v) is 4.16. The van der Waals surface area contributed by atoms with Crippen molar-refractivity contribution in [3.63, 3.8) is 0 Å². The van der Waals surface area contributed by atoms with Crippen molar-refractivity contribution < 1.29 is 4.84 Å². The highest BCUT2D eigenvalue weighted by atomic mass is 35.5. The second-order valence-corrected chi connectivity index (χ2v) is 4.84. The normalized spacial score (nSPS) is 37.6. The SMILES string of the molecule is Cl[C@@H]1[C@H](Cl)[C@H]2C(c3ccccc3)=NO[C@@H]12. The lowest BCUT2D eigenvalue weighted by Crippen LogP contribution is -2.55. The van der Waals surface area contributed by atoms with Gasteiger partial charge in [-0.25, -0.2) is 0 Å². The van der Waals surface area contributed by atoms with Crippen LogP contribution in [-0.2, 0) is 4.84 Å². The monoisotopic (exact) mass is 241 g/mol. The molecule has 0 amide bonds. The van der Waals surface area contributed by atoms with E-state index in [1.165, 1.54) is 0 Å². The summed E-state index contributed by atoms with van der Waals surface area (Å²) in [4.78, 5) is 5.27. The first-order valence-electron chi connectivity index (χ1n) is 4.86. The number of oxime groups is 1. The highest BCUT2D eigenvalue weighted by Gasteiger charge is 2.56. The van der Waals surface area contributed by atoms with E-state index in [-0.39, 0.29) is 22.8 Å². The van der Waals surface area contributed by atoms with Gasteiger partial charge in [0, 0.05) is 0 Å². The first kappa shape index (κ1) is 9.49. The zero-order chi connectivity index (χ0) is 10.4. The minimum atomic E-state index is -0.123. The van der Waals surface area contributed by atoms with Crippen LogP contribution in [0.15, 0.2) is 35.5 Å². The van der Waals surface area contributed by atoms with Gasteiger partial charge in [-0.1, -0.05) is 35.5 Å². The number of hydrogen-bond acceptors (Lipinski definition) is 2. The predicted molar refractivity (Wildman–Crippen MR) is 60.6 cm³/mol. The standard InChI is InChI=1S/C11H9Cl2NO/c12-8-7-10(6-4-2-1-3-5-6)14-15-11(7)9(8)13/h1-5,7-9,11H/t7-,8+,9+,11+/m0/s1. The highest BCUT2D eigenvalue weighted by Crippen LogP contribution is 2.45. The van der Waals surface area contributed by atoms with Crippen LogP contribution in [0.3, 0.4) is 0 Å². The topological polar surface area (TPSA) is 21.6 Å². The molecule has 3 rings (SSSR count).